The highest BCUT2D eigenvalue weighted by molar-refractivity contribution is 6.30. The minimum Gasteiger partial charge on any atom is -0.347 e. The lowest BCUT2D eigenvalue weighted by Gasteiger charge is -2.23. The van der Waals surface area contributed by atoms with Crippen LogP contribution < -0.4 is 5.32 Å². The van der Waals surface area contributed by atoms with Gasteiger partial charge in [0.15, 0.2) is 5.96 Å². The van der Waals surface area contributed by atoms with E-state index in [1.165, 1.54) is 0 Å². The first-order chi connectivity index (χ1) is 11.5. The number of nitrogens with one attached hydrogen (secondary N) is 1. The minimum absolute atomic E-state index is 0.321. The minimum atomic E-state index is 0.321. The smallest absolute Gasteiger partial charge is 0.246 e. The quantitative estimate of drug-likeness (QED) is 0.682. The fourth-order valence-corrected chi connectivity index (χ4v) is 3.04. The van der Waals surface area contributed by atoms with E-state index in [4.69, 9.17) is 16.1 Å². The summed E-state index contributed by atoms with van der Waals surface area (Å²) in [5.41, 5.74) is 1.16. The molecule has 0 radical (unpaired) electrons. The van der Waals surface area contributed by atoms with Crippen LogP contribution in [-0.2, 0) is 6.54 Å². The first-order valence-electron chi connectivity index (χ1n) is 8.01. The van der Waals surface area contributed by atoms with Gasteiger partial charge in [0.25, 0.3) is 0 Å². The van der Waals surface area contributed by atoms with Gasteiger partial charge in [-0.15, -0.1) is 0 Å². The number of rotatable bonds is 3. The summed E-state index contributed by atoms with van der Waals surface area (Å²) < 4.78 is 5.32. The molecule has 2 heterocycles. The zero-order valence-corrected chi connectivity index (χ0v) is 15.0. The first-order valence-corrected chi connectivity index (χ1v) is 8.39. The molecule has 1 aromatic carbocycles. The Labute approximate surface area is 146 Å². The van der Waals surface area contributed by atoms with Gasteiger partial charge in [-0.05, 0) is 24.0 Å². The van der Waals surface area contributed by atoms with E-state index in [9.17, 15) is 0 Å². The van der Waals surface area contributed by atoms with Crippen molar-refractivity contribution in [3.8, 4) is 11.4 Å². The molecule has 3 rings (SSSR count). The molecular formula is C17H22ClN5O. The van der Waals surface area contributed by atoms with Crippen LogP contribution in [0.3, 0.4) is 0 Å². The summed E-state index contributed by atoms with van der Waals surface area (Å²) in [7, 11) is 1.79. The summed E-state index contributed by atoms with van der Waals surface area (Å²) in [5, 5.41) is 7.96. The lowest BCUT2D eigenvalue weighted by atomic mass is 9.93. The van der Waals surface area contributed by atoms with Crippen LogP contribution in [0.15, 0.2) is 33.8 Å². The van der Waals surface area contributed by atoms with Gasteiger partial charge in [-0.1, -0.05) is 42.7 Å². The number of nitrogens with zero attached hydrogens (tertiary/aromatic N) is 4. The van der Waals surface area contributed by atoms with Crippen molar-refractivity contribution in [2.75, 3.05) is 20.1 Å². The van der Waals surface area contributed by atoms with E-state index in [0.717, 1.165) is 31.0 Å². The van der Waals surface area contributed by atoms with Gasteiger partial charge in [0.1, 0.15) is 0 Å². The zero-order valence-electron chi connectivity index (χ0n) is 14.2. The highest BCUT2D eigenvalue weighted by atomic mass is 35.5. The molecule has 0 aliphatic carbocycles. The van der Waals surface area contributed by atoms with Gasteiger partial charge in [0, 0.05) is 30.7 Å². The number of halogens is 1. The molecular weight excluding hydrogens is 326 g/mol. The maximum atomic E-state index is 6.00. The molecule has 0 unspecified atom stereocenters. The van der Waals surface area contributed by atoms with Gasteiger partial charge in [-0.25, -0.2) is 0 Å². The number of hydrogen-bond acceptors (Lipinski definition) is 4. The van der Waals surface area contributed by atoms with E-state index < -0.39 is 0 Å². The van der Waals surface area contributed by atoms with Crippen molar-refractivity contribution in [1.82, 2.24) is 20.4 Å². The molecule has 1 aliphatic rings. The molecule has 1 fully saturated rings. The van der Waals surface area contributed by atoms with Crippen molar-refractivity contribution in [2.45, 2.75) is 26.8 Å². The molecule has 24 heavy (non-hydrogen) atoms. The second-order valence-electron chi connectivity index (χ2n) is 6.76. The molecule has 0 amide bonds. The molecule has 1 N–H and O–H groups in total. The van der Waals surface area contributed by atoms with E-state index in [2.05, 4.69) is 39.2 Å². The summed E-state index contributed by atoms with van der Waals surface area (Å²) in [5.74, 6) is 1.92. The van der Waals surface area contributed by atoms with E-state index in [1.54, 1.807) is 7.05 Å². The molecule has 7 heteroatoms. The Morgan fingerprint density at radius 2 is 2.29 bits per heavy atom. The Kier molecular flexibility index (Phi) is 4.76. The molecule has 1 aromatic heterocycles. The number of likely N-dealkylation sites (tertiary alicyclic amines) is 1. The van der Waals surface area contributed by atoms with E-state index in [0.29, 0.717) is 28.7 Å². The van der Waals surface area contributed by atoms with Crippen LogP contribution in [0.2, 0.25) is 5.02 Å². The zero-order chi connectivity index (χ0) is 17.2. The predicted molar refractivity (Wildman–Crippen MR) is 94.9 cm³/mol. The second-order valence-corrected chi connectivity index (χ2v) is 7.20. The molecule has 2 aromatic rings. The molecule has 1 aliphatic heterocycles. The van der Waals surface area contributed by atoms with Gasteiger partial charge in [-0.2, -0.15) is 4.98 Å². The van der Waals surface area contributed by atoms with Gasteiger partial charge in [0.2, 0.25) is 11.7 Å². The maximum Gasteiger partial charge on any atom is 0.246 e. The summed E-state index contributed by atoms with van der Waals surface area (Å²) in [6.45, 7) is 6.98. The Hall–Kier alpha value is -2.08. The summed E-state index contributed by atoms with van der Waals surface area (Å²) in [4.78, 5) is 11.0. The van der Waals surface area contributed by atoms with Gasteiger partial charge in [0.05, 0.1) is 6.54 Å². The Morgan fingerprint density at radius 1 is 1.46 bits per heavy atom. The topological polar surface area (TPSA) is 66.5 Å². The summed E-state index contributed by atoms with van der Waals surface area (Å²) in [6.07, 6.45) is 1.16. The SMILES string of the molecule is CN=C(NCc1nc(-c2cccc(Cl)c2)no1)N1CCC(C)(C)C1. The largest absolute Gasteiger partial charge is 0.347 e. The first kappa shape index (κ1) is 16.8. The maximum absolute atomic E-state index is 6.00. The van der Waals surface area contributed by atoms with Gasteiger partial charge < -0.3 is 14.7 Å². The fraction of sp³-hybridized carbons (Fsp3) is 0.471. The molecule has 1 saturated heterocycles. The van der Waals surface area contributed by atoms with Gasteiger partial charge in [-0.3, -0.25) is 4.99 Å². The molecule has 6 nitrogen and oxygen atoms in total. The number of guanidine groups is 1. The van der Waals surface area contributed by atoms with Crippen molar-refractivity contribution in [3.63, 3.8) is 0 Å². The van der Waals surface area contributed by atoms with Crippen LogP contribution >= 0.6 is 11.6 Å². The molecule has 128 valence electrons. The van der Waals surface area contributed by atoms with E-state index in [-0.39, 0.29) is 0 Å². The Balaban J connectivity index is 1.63. The Morgan fingerprint density at radius 3 is 2.96 bits per heavy atom. The van der Waals surface area contributed by atoms with Crippen LogP contribution in [-0.4, -0.2) is 41.1 Å². The van der Waals surface area contributed by atoms with Crippen molar-refractivity contribution in [3.05, 3.63) is 35.2 Å². The van der Waals surface area contributed by atoms with Crippen molar-refractivity contribution < 1.29 is 4.52 Å². The highest BCUT2D eigenvalue weighted by Crippen LogP contribution is 2.28. The van der Waals surface area contributed by atoms with E-state index >= 15 is 0 Å². The number of benzene rings is 1. The number of aromatic nitrogens is 2. The highest BCUT2D eigenvalue weighted by Gasteiger charge is 2.30. The summed E-state index contributed by atoms with van der Waals surface area (Å²) in [6, 6.07) is 7.39. The molecule has 0 bridgehead atoms. The summed E-state index contributed by atoms with van der Waals surface area (Å²) >= 11 is 6.00. The van der Waals surface area contributed by atoms with Crippen molar-refractivity contribution in [2.24, 2.45) is 10.4 Å². The van der Waals surface area contributed by atoms with Crippen LogP contribution in [0.1, 0.15) is 26.2 Å². The lowest BCUT2D eigenvalue weighted by Crippen LogP contribution is -2.40. The van der Waals surface area contributed by atoms with Crippen LogP contribution in [0.4, 0.5) is 0 Å². The van der Waals surface area contributed by atoms with Gasteiger partial charge >= 0.3 is 0 Å². The Bertz CT molecular complexity index is 740. The third kappa shape index (κ3) is 3.87. The predicted octanol–water partition coefficient (Wildman–Crippen LogP) is 3.20. The molecule has 0 spiro atoms. The number of aliphatic imine (C=N–C) groups is 1. The standard InChI is InChI=1S/C17H22ClN5O/c1-17(2)7-8-23(11-17)16(19-3)20-10-14-21-15(22-24-14)12-5-4-6-13(18)9-12/h4-6,9H,7-8,10-11H2,1-3H3,(H,19,20). The van der Waals surface area contributed by atoms with Crippen LogP contribution in [0, 0.1) is 5.41 Å². The van der Waals surface area contributed by atoms with Crippen molar-refractivity contribution >= 4 is 17.6 Å². The third-order valence-electron chi connectivity index (χ3n) is 4.14. The van der Waals surface area contributed by atoms with Crippen LogP contribution in [0.5, 0.6) is 0 Å². The average Bonchev–Trinajstić information content (AvgIpc) is 3.15. The third-order valence-corrected chi connectivity index (χ3v) is 4.37. The lowest BCUT2D eigenvalue weighted by molar-refractivity contribution is 0.359. The average molecular weight is 348 g/mol. The van der Waals surface area contributed by atoms with Crippen molar-refractivity contribution in [1.29, 1.82) is 0 Å². The molecule has 0 saturated carbocycles. The second kappa shape index (κ2) is 6.81. The fourth-order valence-electron chi connectivity index (χ4n) is 2.85. The molecule has 0 atom stereocenters. The monoisotopic (exact) mass is 347 g/mol. The normalized spacial score (nSPS) is 17.3. The van der Waals surface area contributed by atoms with E-state index in [1.807, 2.05) is 24.3 Å². The van der Waals surface area contributed by atoms with Crippen LogP contribution in [0.25, 0.3) is 11.4 Å². The number of hydrogen-bond donors (Lipinski definition) is 1.